The van der Waals surface area contributed by atoms with Crippen LogP contribution in [-0.2, 0) is 0 Å². The number of allylic oxidation sites excluding steroid dienone is 1. The van der Waals surface area contributed by atoms with E-state index in [1.165, 1.54) is 30.3 Å². The van der Waals surface area contributed by atoms with Gasteiger partial charge in [0.2, 0.25) is 0 Å². The molecular weight excluding hydrogens is 333 g/mol. The van der Waals surface area contributed by atoms with Crippen LogP contribution in [0.3, 0.4) is 0 Å². The molecule has 0 aliphatic rings. The van der Waals surface area contributed by atoms with Crippen molar-refractivity contribution in [2.75, 3.05) is 0 Å². The van der Waals surface area contributed by atoms with Crippen molar-refractivity contribution in [3.8, 4) is 0 Å². The molecule has 0 saturated heterocycles. The summed E-state index contributed by atoms with van der Waals surface area (Å²) in [5, 5.41) is 0. The second-order valence-electron chi connectivity index (χ2n) is 3.97. The Hall–Kier alpha value is -1.88. The van der Waals surface area contributed by atoms with Gasteiger partial charge < -0.3 is 0 Å². The molecule has 0 atom stereocenters. The second kappa shape index (κ2) is 6.05. The van der Waals surface area contributed by atoms with E-state index in [0.717, 1.165) is 18.2 Å². The topological polar surface area (TPSA) is 17.1 Å². The Morgan fingerprint density at radius 3 is 2.25 bits per heavy atom. The van der Waals surface area contributed by atoms with Gasteiger partial charge in [-0.3, -0.25) is 4.79 Å². The zero-order chi connectivity index (χ0) is 14.7. The molecule has 0 aliphatic carbocycles. The maximum absolute atomic E-state index is 13.4. The second-order valence-corrected chi connectivity index (χ2v) is 4.82. The fourth-order valence-corrected chi connectivity index (χ4v) is 2.00. The van der Waals surface area contributed by atoms with Crippen molar-refractivity contribution in [1.82, 2.24) is 0 Å². The molecule has 0 saturated carbocycles. The SMILES string of the molecule is O=C(/C=C/c1ccc(F)c(Br)c1)c1c(F)cccc1F. The lowest BCUT2D eigenvalue weighted by atomic mass is 10.1. The standard InChI is InChI=1S/C15H8BrF3O/c16-10-8-9(4-6-11(10)17)5-7-14(20)15-12(18)2-1-3-13(15)19/h1-8H/b7-5+. The van der Waals surface area contributed by atoms with Gasteiger partial charge in [0, 0.05) is 0 Å². The fourth-order valence-electron chi connectivity index (χ4n) is 1.60. The lowest BCUT2D eigenvalue weighted by Crippen LogP contribution is -2.02. The van der Waals surface area contributed by atoms with E-state index in [9.17, 15) is 18.0 Å². The Balaban J connectivity index is 2.27. The van der Waals surface area contributed by atoms with Crippen molar-refractivity contribution >= 4 is 27.8 Å². The molecule has 0 fully saturated rings. The normalized spacial score (nSPS) is 11.0. The zero-order valence-electron chi connectivity index (χ0n) is 10.0. The van der Waals surface area contributed by atoms with Gasteiger partial charge in [0.25, 0.3) is 0 Å². The number of carbonyl (C=O) groups excluding carboxylic acids is 1. The van der Waals surface area contributed by atoms with Gasteiger partial charge in [-0.05, 0) is 51.8 Å². The number of hydrogen-bond acceptors (Lipinski definition) is 1. The largest absolute Gasteiger partial charge is 0.289 e. The van der Waals surface area contributed by atoms with Gasteiger partial charge in [0.15, 0.2) is 5.78 Å². The third-order valence-corrected chi connectivity index (χ3v) is 3.19. The average Bonchev–Trinajstić information content (AvgIpc) is 2.40. The van der Waals surface area contributed by atoms with Gasteiger partial charge in [-0.15, -0.1) is 0 Å². The van der Waals surface area contributed by atoms with Crippen LogP contribution in [0.25, 0.3) is 6.08 Å². The Bertz CT molecular complexity index is 675. The Morgan fingerprint density at radius 2 is 1.65 bits per heavy atom. The number of ketones is 1. The van der Waals surface area contributed by atoms with Gasteiger partial charge in [0.05, 0.1) is 10.0 Å². The first-order chi connectivity index (χ1) is 9.49. The maximum Gasteiger partial charge on any atom is 0.191 e. The lowest BCUT2D eigenvalue weighted by molar-refractivity contribution is 0.104. The van der Waals surface area contributed by atoms with Crippen LogP contribution >= 0.6 is 15.9 Å². The number of halogens is 4. The molecular formula is C15H8BrF3O. The van der Waals surface area contributed by atoms with Crippen molar-refractivity contribution in [1.29, 1.82) is 0 Å². The van der Waals surface area contributed by atoms with Crippen molar-refractivity contribution < 1.29 is 18.0 Å². The van der Waals surface area contributed by atoms with Gasteiger partial charge in [0.1, 0.15) is 17.5 Å². The van der Waals surface area contributed by atoms with Crippen LogP contribution in [0.2, 0.25) is 0 Å². The Morgan fingerprint density at radius 1 is 1.00 bits per heavy atom. The summed E-state index contributed by atoms with van der Waals surface area (Å²) >= 11 is 3.01. The summed E-state index contributed by atoms with van der Waals surface area (Å²) in [4.78, 5) is 11.8. The highest BCUT2D eigenvalue weighted by Gasteiger charge is 2.14. The highest BCUT2D eigenvalue weighted by molar-refractivity contribution is 9.10. The molecule has 20 heavy (non-hydrogen) atoms. The number of benzene rings is 2. The smallest absolute Gasteiger partial charge is 0.191 e. The van der Waals surface area contributed by atoms with Crippen LogP contribution in [0, 0.1) is 17.5 Å². The van der Waals surface area contributed by atoms with Gasteiger partial charge >= 0.3 is 0 Å². The van der Waals surface area contributed by atoms with Crippen molar-refractivity contribution in [3.63, 3.8) is 0 Å². The van der Waals surface area contributed by atoms with Crippen molar-refractivity contribution in [3.05, 3.63) is 75.5 Å². The average molecular weight is 341 g/mol. The first kappa shape index (κ1) is 14.5. The predicted molar refractivity (Wildman–Crippen MR) is 73.8 cm³/mol. The van der Waals surface area contributed by atoms with Gasteiger partial charge in [-0.2, -0.15) is 0 Å². The molecule has 0 N–H and O–H groups in total. The molecule has 0 heterocycles. The first-order valence-corrected chi connectivity index (χ1v) is 6.40. The van der Waals surface area contributed by atoms with Crippen LogP contribution < -0.4 is 0 Å². The number of carbonyl (C=O) groups is 1. The monoisotopic (exact) mass is 340 g/mol. The molecule has 0 spiro atoms. The van der Waals surface area contributed by atoms with Gasteiger partial charge in [-0.25, -0.2) is 13.2 Å². The summed E-state index contributed by atoms with van der Waals surface area (Å²) in [6.07, 6.45) is 2.40. The highest BCUT2D eigenvalue weighted by Crippen LogP contribution is 2.18. The molecule has 2 rings (SSSR count). The summed E-state index contributed by atoms with van der Waals surface area (Å²) in [5.41, 5.74) is -0.0756. The maximum atomic E-state index is 13.4. The quantitative estimate of drug-likeness (QED) is 0.581. The molecule has 0 unspecified atom stereocenters. The Labute approximate surface area is 121 Å². The van der Waals surface area contributed by atoms with E-state index in [4.69, 9.17) is 0 Å². The molecule has 0 aliphatic heterocycles. The van der Waals surface area contributed by atoms with Crippen LogP contribution in [0.1, 0.15) is 15.9 Å². The van der Waals surface area contributed by atoms with E-state index < -0.39 is 28.8 Å². The molecule has 0 aromatic heterocycles. The summed E-state index contributed by atoms with van der Waals surface area (Å²) in [7, 11) is 0. The molecule has 0 bridgehead atoms. The molecule has 1 nitrogen and oxygen atoms in total. The number of rotatable bonds is 3. The van der Waals surface area contributed by atoms with E-state index in [2.05, 4.69) is 15.9 Å². The zero-order valence-corrected chi connectivity index (χ0v) is 11.6. The first-order valence-electron chi connectivity index (χ1n) is 5.60. The summed E-state index contributed by atoms with van der Waals surface area (Å²) < 4.78 is 40.1. The van der Waals surface area contributed by atoms with E-state index in [-0.39, 0.29) is 4.47 Å². The van der Waals surface area contributed by atoms with E-state index in [1.54, 1.807) is 0 Å². The molecule has 0 radical (unpaired) electrons. The highest BCUT2D eigenvalue weighted by atomic mass is 79.9. The van der Waals surface area contributed by atoms with Crippen LogP contribution in [0.5, 0.6) is 0 Å². The predicted octanol–water partition coefficient (Wildman–Crippen LogP) is 4.76. The fraction of sp³-hybridized carbons (Fsp3) is 0. The van der Waals surface area contributed by atoms with E-state index in [0.29, 0.717) is 5.56 Å². The summed E-state index contributed by atoms with van der Waals surface area (Å²) in [6, 6.07) is 7.33. The number of hydrogen-bond donors (Lipinski definition) is 0. The van der Waals surface area contributed by atoms with Crippen LogP contribution in [-0.4, -0.2) is 5.78 Å². The summed E-state index contributed by atoms with van der Waals surface area (Å²) in [6.45, 7) is 0. The molecule has 5 heteroatoms. The molecule has 0 amide bonds. The van der Waals surface area contributed by atoms with Crippen molar-refractivity contribution in [2.24, 2.45) is 0 Å². The molecule has 102 valence electrons. The van der Waals surface area contributed by atoms with E-state index >= 15 is 0 Å². The minimum absolute atomic E-state index is 0.240. The third kappa shape index (κ3) is 3.17. The third-order valence-electron chi connectivity index (χ3n) is 2.58. The lowest BCUT2D eigenvalue weighted by Gasteiger charge is -2.00. The Kier molecular flexibility index (Phi) is 4.39. The molecule has 2 aromatic rings. The van der Waals surface area contributed by atoms with E-state index in [1.807, 2.05) is 0 Å². The molecule has 2 aromatic carbocycles. The van der Waals surface area contributed by atoms with Crippen LogP contribution in [0.4, 0.5) is 13.2 Å². The summed E-state index contributed by atoms with van der Waals surface area (Å²) in [5.74, 6) is -3.06. The van der Waals surface area contributed by atoms with Crippen molar-refractivity contribution in [2.45, 2.75) is 0 Å². The van der Waals surface area contributed by atoms with Gasteiger partial charge in [-0.1, -0.05) is 18.2 Å². The minimum Gasteiger partial charge on any atom is -0.289 e. The minimum atomic E-state index is -0.917. The van der Waals surface area contributed by atoms with Crippen LogP contribution in [0.15, 0.2) is 46.9 Å².